The van der Waals surface area contributed by atoms with Crippen LogP contribution in [0.1, 0.15) is 104 Å². The lowest BCUT2D eigenvalue weighted by Crippen LogP contribution is -2.31. The van der Waals surface area contributed by atoms with Crippen LogP contribution in [-0.4, -0.2) is 24.3 Å². The largest absolute Gasteiger partial charge is 0.395 e. The molecule has 21 heavy (non-hydrogen) atoms. The lowest BCUT2D eigenvalue weighted by molar-refractivity contribution is 0.277. The SMILES string of the molecule is CCCCCCCCCC(CCCCCCC)NCCO. The molecule has 0 rings (SSSR count). The Morgan fingerprint density at radius 2 is 1.10 bits per heavy atom. The molecule has 0 aromatic heterocycles. The Balaban J connectivity index is 3.55. The highest BCUT2D eigenvalue weighted by molar-refractivity contribution is 4.67. The zero-order chi connectivity index (χ0) is 15.6. The molecule has 0 saturated carbocycles. The molecule has 2 N–H and O–H groups in total. The zero-order valence-corrected chi connectivity index (χ0v) is 14.8. The Kier molecular flexibility index (Phi) is 17.9. The molecule has 1 atom stereocenters. The zero-order valence-electron chi connectivity index (χ0n) is 14.8. The number of rotatable bonds is 17. The Morgan fingerprint density at radius 1 is 0.667 bits per heavy atom. The summed E-state index contributed by atoms with van der Waals surface area (Å²) in [5.41, 5.74) is 0. The normalized spacial score (nSPS) is 12.7. The highest BCUT2D eigenvalue weighted by Gasteiger charge is 2.07. The van der Waals surface area contributed by atoms with Crippen LogP contribution in [0.4, 0.5) is 0 Å². The van der Waals surface area contributed by atoms with Gasteiger partial charge in [-0.3, -0.25) is 0 Å². The van der Waals surface area contributed by atoms with Gasteiger partial charge in [0.05, 0.1) is 6.61 Å². The van der Waals surface area contributed by atoms with Crippen molar-refractivity contribution < 1.29 is 5.11 Å². The first-order valence-corrected chi connectivity index (χ1v) is 9.69. The maximum Gasteiger partial charge on any atom is 0.0556 e. The molecule has 0 fully saturated rings. The van der Waals surface area contributed by atoms with E-state index in [1.807, 2.05) is 0 Å². The van der Waals surface area contributed by atoms with Gasteiger partial charge in [0.1, 0.15) is 0 Å². The highest BCUT2D eigenvalue weighted by atomic mass is 16.3. The summed E-state index contributed by atoms with van der Waals surface area (Å²) in [6.45, 7) is 5.57. The van der Waals surface area contributed by atoms with Crippen molar-refractivity contribution in [2.24, 2.45) is 0 Å². The van der Waals surface area contributed by atoms with E-state index in [2.05, 4.69) is 19.2 Å². The minimum atomic E-state index is 0.267. The molecule has 0 radical (unpaired) electrons. The van der Waals surface area contributed by atoms with Gasteiger partial charge >= 0.3 is 0 Å². The van der Waals surface area contributed by atoms with Crippen LogP contribution in [-0.2, 0) is 0 Å². The molecule has 0 amide bonds. The molecule has 1 unspecified atom stereocenters. The molecule has 0 saturated heterocycles. The fourth-order valence-corrected chi connectivity index (χ4v) is 2.96. The van der Waals surface area contributed by atoms with Gasteiger partial charge < -0.3 is 10.4 Å². The summed E-state index contributed by atoms with van der Waals surface area (Å²) in [7, 11) is 0. The summed E-state index contributed by atoms with van der Waals surface area (Å²) in [5, 5.41) is 12.5. The van der Waals surface area contributed by atoms with Crippen LogP contribution >= 0.6 is 0 Å². The van der Waals surface area contributed by atoms with Gasteiger partial charge in [-0.15, -0.1) is 0 Å². The summed E-state index contributed by atoms with van der Waals surface area (Å²) >= 11 is 0. The fraction of sp³-hybridized carbons (Fsp3) is 1.00. The monoisotopic (exact) mass is 299 g/mol. The summed E-state index contributed by atoms with van der Waals surface area (Å²) in [4.78, 5) is 0. The van der Waals surface area contributed by atoms with E-state index >= 15 is 0 Å². The van der Waals surface area contributed by atoms with Crippen LogP contribution in [0.25, 0.3) is 0 Å². The molecule has 0 aliphatic rings. The molecule has 0 aromatic rings. The van der Waals surface area contributed by atoms with Crippen molar-refractivity contribution in [3.63, 3.8) is 0 Å². The number of aliphatic hydroxyl groups excluding tert-OH is 1. The van der Waals surface area contributed by atoms with E-state index in [4.69, 9.17) is 5.11 Å². The summed E-state index contributed by atoms with van der Waals surface area (Å²) in [5.74, 6) is 0. The van der Waals surface area contributed by atoms with Crippen molar-refractivity contribution in [2.45, 2.75) is 110 Å². The average molecular weight is 300 g/mol. The van der Waals surface area contributed by atoms with Gasteiger partial charge in [0.25, 0.3) is 0 Å². The second-order valence-corrected chi connectivity index (χ2v) is 6.49. The van der Waals surface area contributed by atoms with Crippen molar-refractivity contribution in [1.82, 2.24) is 5.32 Å². The van der Waals surface area contributed by atoms with Gasteiger partial charge in [-0.05, 0) is 12.8 Å². The van der Waals surface area contributed by atoms with Gasteiger partial charge in [-0.2, -0.15) is 0 Å². The molecule has 0 bridgehead atoms. The van der Waals surface area contributed by atoms with Crippen LogP contribution < -0.4 is 5.32 Å². The molecular formula is C19H41NO. The van der Waals surface area contributed by atoms with Gasteiger partial charge in [-0.25, -0.2) is 0 Å². The van der Waals surface area contributed by atoms with E-state index < -0.39 is 0 Å². The third kappa shape index (κ3) is 16.1. The number of aliphatic hydroxyl groups is 1. The average Bonchev–Trinajstić information content (AvgIpc) is 2.50. The van der Waals surface area contributed by atoms with Crippen molar-refractivity contribution >= 4 is 0 Å². The molecule has 0 aliphatic carbocycles. The number of nitrogens with one attached hydrogen (secondary N) is 1. The van der Waals surface area contributed by atoms with E-state index in [0.717, 1.165) is 6.54 Å². The molecular weight excluding hydrogens is 258 g/mol. The molecule has 0 heterocycles. The lowest BCUT2D eigenvalue weighted by Gasteiger charge is -2.18. The minimum absolute atomic E-state index is 0.267. The Bertz CT molecular complexity index is 184. The Hall–Kier alpha value is -0.0800. The maximum absolute atomic E-state index is 8.99. The second-order valence-electron chi connectivity index (χ2n) is 6.49. The molecule has 0 aliphatic heterocycles. The maximum atomic E-state index is 8.99. The molecule has 128 valence electrons. The van der Waals surface area contributed by atoms with Crippen LogP contribution in [0.15, 0.2) is 0 Å². The summed E-state index contributed by atoms with van der Waals surface area (Å²) in [6, 6.07) is 0.634. The third-order valence-corrected chi connectivity index (χ3v) is 4.36. The fourth-order valence-electron chi connectivity index (χ4n) is 2.96. The van der Waals surface area contributed by atoms with Crippen molar-refractivity contribution in [3.05, 3.63) is 0 Å². The van der Waals surface area contributed by atoms with E-state index in [-0.39, 0.29) is 6.61 Å². The smallest absolute Gasteiger partial charge is 0.0556 e. The molecule has 2 heteroatoms. The van der Waals surface area contributed by atoms with Crippen molar-refractivity contribution in [2.75, 3.05) is 13.2 Å². The van der Waals surface area contributed by atoms with Gasteiger partial charge in [-0.1, -0.05) is 90.9 Å². The first-order chi connectivity index (χ1) is 10.3. The standard InChI is InChI=1S/C19H41NO/c1-3-5-7-9-10-12-14-16-19(20-17-18-21)15-13-11-8-6-4-2/h19-21H,3-18H2,1-2H3. The van der Waals surface area contributed by atoms with Gasteiger partial charge in [0.15, 0.2) is 0 Å². The van der Waals surface area contributed by atoms with Gasteiger partial charge in [0.2, 0.25) is 0 Å². The van der Waals surface area contributed by atoms with Gasteiger partial charge in [0, 0.05) is 12.6 Å². The highest BCUT2D eigenvalue weighted by Crippen LogP contribution is 2.14. The second kappa shape index (κ2) is 18.0. The Labute approximate surface area is 134 Å². The first-order valence-electron chi connectivity index (χ1n) is 9.69. The Morgan fingerprint density at radius 3 is 1.52 bits per heavy atom. The van der Waals surface area contributed by atoms with E-state index in [1.165, 1.54) is 89.9 Å². The van der Waals surface area contributed by atoms with Crippen LogP contribution in [0, 0.1) is 0 Å². The van der Waals surface area contributed by atoms with E-state index in [1.54, 1.807) is 0 Å². The van der Waals surface area contributed by atoms with E-state index in [9.17, 15) is 0 Å². The predicted molar refractivity (Wildman–Crippen MR) is 94.9 cm³/mol. The first kappa shape index (κ1) is 20.9. The summed E-state index contributed by atoms with van der Waals surface area (Å²) in [6.07, 6.45) is 19.1. The molecule has 2 nitrogen and oxygen atoms in total. The third-order valence-electron chi connectivity index (χ3n) is 4.36. The van der Waals surface area contributed by atoms with Crippen LogP contribution in [0.2, 0.25) is 0 Å². The number of unbranched alkanes of at least 4 members (excludes halogenated alkanes) is 10. The molecule has 0 aromatic carbocycles. The summed E-state index contributed by atoms with van der Waals surface area (Å²) < 4.78 is 0. The predicted octanol–water partition coefficient (Wildman–Crippen LogP) is 5.44. The van der Waals surface area contributed by atoms with E-state index in [0.29, 0.717) is 6.04 Å². The van der Waals surface area contributed by atoms with Crippen LogP contribution in [0.5, 0.6) is 0 Å². The van der Waals surface area contributed by atoms with Crippen molar-refractivity contribution in [3.8, 4) is 0 Å². The topological polar surface area (TPSA) is 32.3 Å². The van der Waals surface area contributed by atoms with Crippen LogP contribution in [0.3, 0.4) is 0 Å². The number of hydrogen-bond donors (Lipinski definition) is 2. The quantitative estimate of drug-likeness (QED) is 0.351. The lowest BCUT2D eigenvalue weighted by atomic mass is 10.00. The molecule has 0 spiro atoms. The number of hydrogen-bond acceptors (Lipinski definition) is 2. The van der Waals surface area contributed by atoms with Crippen molar-refractivity contribution in [1.29, 1.82) is 0 Å². The minimum Gasteiger partial charge on any atom is -0.395 e.